The van der Waals surface area contributed by atoms with Gasteiger partial charge in [0, 0.05) is 12.8 Å². The molecule has 0 aromatic rings. The maximum Gasteiger partial charge on any atom is 0.371 e. The third-order valence-electron chi connectivity index (χ3n) is 7.63. The molecule has 0 N–H and O–H groups in total. The van der Waals surface area contributed by atoms with Crippen LogP contribution in [0.2, 0.25) is 0 Å². The molecule has 28 heavy (non-hydrogen) atoms. The van der Waals surface area contributed by atoms with E-state index in [9.17, 15) is 14.4 Å². The summed E-state index contributed by atoms with van der Waals surface area (Å²) < 4.78 is 10.9. The van der Waals surface area contributed by atoms with Crippen LogP contribution in [0.15, 0.2) is 11.6 Å². The molecule has 8 atom stereocenters. The Bertz CT molecular complexity index is 732. The molecule has 0 amide bonds. The third-order valence-corrected chi connectivity index (χ3v) is 7.63. The maximum atomic E-state index is 11.6. The second-order valence-corrected chi connectivity index (χ2v) is 8.87. The summed E-state index contributed by atoms with van der Waals surface area (Å²) in [6.45, 7) is 1.47. The van der Waals surface area contributed by atoms with Crippen molar-refractivity contribution in [3.8, 4) is 12.3 Å². The molecule has 0 aliphatic heterocycles. The second kappa shape index (κ2) is 7.73. The molecule has 0 saturated heterocycles. The number of esters is 2. The molecule has 3 fully saturated rings. The van der Waals surface area contributed by atoms with E-state index in [1.165, 1.54) is 12.5 Å². The van der Waals surface area contributed by atoms with Gasteiger partial charge in [-0.3, -0.25) is 9.59 Å². The fourth-order valence-corrected chi connectivity index (χ4v) is 6.72. The molecule has 150 valence electrons. The van der Waals surface area contributed by atoms with E-state index in [4.69, 9.17) is 15.9 Å². The molecule has 0 spiro atoms. The number of allylic oxidation sites excluding steroid dienone is 1. The topological polar surface area (TPSA) is 69.7 Å². The lowest BCUT2D eigenvalue weighted by atomic mass is 9.56. The Morgan fingerprint density at radius 1 is 1.07 bits per heavy atom. The molecule has 5 nitrogen and oxygen atoms in total. The van der Waals surface area contributed by atoms with Gasteiger partial charge < -0.3 is 9.47 Å². The van der Waals surface area contributed by atoms with E-state index in [1.807, 2.05) is 0 Å². The first-order valence-corrected chi connectivity index (χ1v) is 10.5. The fourth-order valence-electron chi connectivity index (χ4n) is 6.72. The van der Waals surface area contributed by atoms with Crippen molar-refractivity contribution in [1.82, 2.24) is 0 Å². The highest BCUT2D eigenvalue weighted by molar-refractivity contribution is 6.20. The van der Waals surface area contributed by atoms with E-state index in [1.54, 1.807) is 0 Å². The summed E-state index contributed by atoms with van der Waals surface area (Å²) in [4.78, 5) is 33.4. The number of carbonyl (C=O) groups excluding carboxylic acids is 3. The molecule has 3 saturated carbocycles. The highest BCUT2D eigenvalue weighted by Crippen LogP contribution is 2.58. The normalized spacial score (nSPS) is 41.4. The van der Waals surface area contributed by atoms with Gasteiger partial charge in [0.05, 0.1) is 5.92 Å². The Labute approximate surface area is 166 Å². The maximum absolute atomic E-state index is 11.6. The molecule has 3 unspecified atom stereocenters. The number of hydrogen-bond acceptors (Lipinski definition) is 5. The van der Waals surface area contributed by atoms with Gasteiger partial charge in [-0.2, -0.15) is 0 Å². The van der Waals surface area contributed by atoms with Crippen molar-refractivity contribution in [2.75, 3.05) is 0 Å². The van der Waals surface area contributed by atoms with Crippen LogP contribution in [-0.2, 0) is 23.9 Å². The molecule has 4 aliphatic rings. The van der Waals surface area contributed by atoms with Crippen LogP contribution >= 0.6 is 0 Å². The van der Waals surface area contributed by atoms with Crippen molar-refractivity contribution in [2.45, 2.75) is 64.1 Å². The van der Waals surface area contributed by atoms with E-state index >= 15 is 0 Å². The van der Waals surface area contributed by atoms with E-state index in [0.29, 0.717) is 29.6 Å². The van der Waals surface area contributed by atoms with Crippen LogP contribution < -0.4 is 0 Å². The quantitative estimate of drug-likeness (QED) is 0.246. The number of aldehydes is 1. The van der Waals surface area contributed by atoms with Crippen molar-refractivity contribution in [2.24, 2.45) is 35.5 Å². The summed E-state index contributed by atoms with van der Waals surface area (Å²) >= 11 is 0. The zero-order chi connectivity index (χ0) is 19.8. The number of terminal acetylenes is 1. The molecule has 0 aromatic heterocycles. The average Bonchev–Trinajstić information content (AvgIpc) is 3.04. The van der Waals surface area contributed by atoms with Crippen LogP contribution in [0.5, 0.6) is 0 Å². The average molecular weight is 384 g/mol. The smallest absolute Gasteiger partial charge is 0.371 e. The van der Waals surface area contributed by atoms with Crippen molar-refractivity contribution >= 4 is 18.2 Å². The van der Waals surface area contributed by atoms with E-state index in [2.05, 4.69) is 12.0 Å². The summed E-state index contributed by atoms with van der Waals surface area (Å²) in [6, 6.07) is 0. The van der Waals surface area contributed by atoms with Gasteiger partial charge in [-0.05, 0) is 74.7 Å². The summed E-state index contributed by atoms with van der Waals surface area (Å²) in [5.41, 5.74) is 1.40. The number of rotatable bonds is 3. The van der Waals surface area contributed by atoms with Gasteiger partial charge in [-0.25, -0.2) is 4.79 Å². The van der Waals surface area contributed by atoms with Crippen LogP contribution in [0, 0.1) is 47.9 Å². The van der Waals surface area contributed by atoms with Crippen LogP contribution in [0.3, 0.4) is 0 Å². The zero-order valence-corrected chi connectivity index (χ0v) is 16.3. The van der Waals surface area contributed by atoms with Gasteiger partial charge in [0.25, 0.3) is 0 Å². The fraction of sp³-hybridized carbons (Fsp3) is 0.696. The lowest BCUT2D eigenvalue weighted by molar-refractivity contribution is -0.151. The highest BCUT2D eigenvalue weighted by Gasteiger charge is 2.54. The van der Waals surface area contributed by atoms with Gasteiger partial charge in [0.2, 0.25) is 6.29 Å². The second-order valence-electron chi connectivity index (χ2n) is 8.87. The van der Waals surface area contributed by atoms with Gasteiger partial charge in [-0.1, -0.05) is 11.5 Å². The first-order valence-electron chi connectivity index (χ1n) is 10.5. The minimum Gasteiger partial charge on any atom is -0.461 e. The Morgan fingerprint density at radius 2 is 1.86 bits per heavy atom. The molecule has 0 radical (unpaired) electrons. The predicted molar refractivity (Wildman–Crippen MR) is 102 cm³/mol. The monoisotopic (exact) mass is 384 g/mol. The predicted octanol–water partition coefficient (Wildman–Crippen LogP) is 3.07. The third kappa shape index (κ3) is 3.38. The molecule has 0 aromatic carbocycles. The van der Waals surface area contributed by atoms with E-state index in [-0.39, 0.29) is 30.4 Å². The minimum atomic E-state index is -0.780. The summed E-state index contributed by atoms with van der Waals surface area (Å²) in [5.74, 6) is 4.66. The lowest BCUT2D eigenvalue weighted by Crippen LogP contribution is -2.43. The minimum absolute atomic E-state index is 0.0353. The molecular weight excluding hydrogens is 356 g/mol. The largest absolute Gasteiger partial charge is 0.461 e. The zero-order valence-electron chi connectivity index (χ0n) is 16.3. The number of fused-ring (bicyclic) bond motifs is 5. The summed E-state index contributed by atoms with van der Waals surface area (Å²) in [7, 11) is 0. The first kappa shape index (κ1) is 19.2. The summed E-state index contributed by atoms with van der Waals surface area (Å²) in [6.07, 6.45) is 14.8. The van der Waals surface area contributed by atoms with E-state index in [0.717, 1.165) is 44.9 Å². The first-order chi connectivity index (χ1) is 13.5. The van der Waals surface area contributed by atoms with Crippen LogP contribution in [-0.4, -0.2) is 30.4 Å². The van der Waals surface area contributed by atoms with Crippen molar-refractivity contribution in [1.29, 1.82) is 0 Å². The van der Waals surface area contributed by atoms with Crippen molar-refractivity contribution in [3.63, 3.8) is 0 Å². The van der Waals surface area contributed by atoms with Crippen LogP contribution in [0.1, 0.15) is 51.9 Å². The van der Waals surface area contributed by atoms with Crippen LogP contribution in [0.25, 0.3) is 0 Å². The molecule has 0 heterocycles. The van der Waals surface area contributed by atoms with Crippen molar-refractivity contribution < 1.29 is 23.9 Å². The molecular formula is C23H28O5. The SMILES string of the molecule is C#CC1C[C@H]2[C@@H]3CCC4=CC(OC(=O)C=O)CC[C@@H]4[C@H]3CC[C@@H]2C1OC(C)=O. The highest BCUT2D eigenvalue weighted by atomic mass is 16.5. The Balaban J connectivity index is 1.49. The Kier molecular flexibility index (Phi) is 5.31. The Morgan fingerprint density at radius 3 is 2.57 bits per heavy atom. The van der Waals surface area contributed by atoms with Crippen molar-refractivity contribution in [3.05, 3.63) is 11.6 Å². The molecule has 4 rings (SSSR count). The lowest BCUT2D eigenvalue weighted by Gasteiger charge is -2.50. The van der Waals surface area contributed by atoms with Gasteiger partial charge in [-0.15, -0.1) is 6.42 Å². The molecule has 0 bridgehead atoms. The molecule has 4 aliphatic carbocycles. The number of ether oxygens (including phenoxy) is 2. The van der Waals surface area contributed by atoms with Crippen LogP contribution in [0.4, 0.5) is 0 Å². The van der Waals surface area contributed by atoms with Gasteiger partial charge in [0.1, 0.15) is 12.2 Å². The Hall–Kier alpha value is -2.09. The van der Waals surface area contributed by atoms with Gasteiger partial charge >= 0.3 is 11.9 Å². The number of carbonyl (C=O) groups is 3. The molecule has 5 heteroatoms. The number of hydrogen-bond donors (Lipinski definition) is 0. The summed E-state index contributed by atoms with van der Waals surface area (Å²) in [5, 5.41) is 0. The van der Waals surface area contributed by atoms with Gasteiger partial charge in [0.15, 0.2) is 0 Å². The standard InChI is InChI=1S/C23H28O5/c1-3-14-11-21-19-6-4-15-10-16(28-22(26)12-24)5-7-17(15)18(19)8-9-20(21)23(14)27-13(2)25/h1,10,12,14,16-21,23H,4-9,11H2,2H3/t14?,16?,17-,18+,19+,20-,21-,23?/m0/s1. The van der Waals surface area contributed by atoms with E-state index < -0.39 is 5.97 Å².